The number of aryl methyl sites for hydroxylation is 1. The number of sulfonamides is 1. The Bertz CT molecular complexity index is 2080. The van der Waals surface area contributed by atoms with Crippen LogP contribution in [-0.4, -0.2) is 54.3 Å². The van der Waals surface area contributed by atoms with Crippen LogP contribution >= 0.6 is 11.3 Å². The predicted octanol–water partition coefficient (Wildman–Crippen LogP) is 4.67. The first-order chi connectivity index (χ1) is 21.3. The highest BCUT2D eigenvalue weighted by molar-refractivity contribution is 7.89. The van der Waals surface area contributed by atoms with Crippen molar-refractivity contribution in [1.29, 1.82) is 0 Å². The van der Waals surface area contributed by atoms with E-state index < -0.39 is 44.2 Å². The van der Waals surface area contributed by atoms with Gasteiger partial charge in [-0.15, -0.1) is 11.3 Å². The first-order valence-corrected chi connectivity index (χ1v) is 17.4. The minimum Gasteiger partial charge on any atom is -0.492 e. The predicted molar refractivity (Wildman–Crippen MR) is 166 cm³/mol. The van der Waals surface area contributed by atoms with Gasteiger partial charge < -0.3 is 18.4 Å². The lowest BCUT2D eigenvalue weighted by atomic mass is 10.1. The molecule has 240 valence electrons. The third-order valence-electron chi connectivity index (χ3n) is 8.15. The molecule has 16 heteroatoms. The second-order valence-corrected chi connectivity index (χ2v) is 14.6. The topological polar surface area (TPSA) is 144 Å². The van der Waals surface area contributed by atoms with E-state index in [0.717, 1.165) is 36.3 Å². The van der Waals surface area contributed by atoms with E-state index in [1.54, 1.807) is 11.8 Å². The van der Waals surface area contributed by atoms with Crippen LogP contribution in [0.3, 0.4) is 0 Å². The lowest BCUT2D eigenvalue weighted by Gasteiger charge is -2.25. The van der Waals surface area contributed by atoms with Gasteiger partial charge in [0.15, 0.2) is 23.1 Å². The van der Waals surface area contributed by atoms with Crippen molar-refractivity contribution < 1.29 is 39.7 Å². The number of pyridine rings is 1. The van der Waals surface area contributed by atoms with Crippen molar-refractivity contribution in [1.82, 2.24) is 9.29 Å². The zero-order valence-electron chi connectivity index (χ0n) is 24.4. The van der Waals surface area contributed by atoms with Gasteiger partial charge in [-0.3, -0.25) is 14.1 Å². The second-order valence-electron chi connectivity index (χ2n) is 11.2. The molecule has 11 nitrogen and oxygen atoms in total. The Morgan fingerprint density at radius 3 is 2.58 bits per heavy atom. The van der Waals surface area contributed by atoms with Gasteiger partial charge in [-0.05, 0) is 55.9 Å². The summed E-state index contributed by atoms with van der Waals surface area (Å²) in [6.45, 7) is 3.51. The largest absolute Gasteiger partial charge is 0.492 e. The molecule has 2 aromatic carbocycles. The average molecular weight is 682 g/mol. The number of ether oxygens (including phenoxy) is 1. The highest BCUT2D eigenvalue weighted by Crippen LogP contribution is 2.49. The molecule has 1 saturated heterocycles. The van der Waals surface area contributed by atoms with Crippen molar-refractivity contribution in [3.05, 3.63) is 56.6 Å². The number of hydrogen-bond acceptors (Lipinski definition) is 9. The Kier molecular flexibility index (Phi) is 8.22. The smallest absolute Gasteiger partial charge is 0.357 e. The van der Waals surface area contributed by atoms with Crippen LogP contribution in [0.5, 0.6) is 11.5 Å². The Labute approximate surface area is 263 Å². The maximum Gasteiger partial charge on any atom is 0.357 e. The zero-order chi connectivity index (χ0) is 32.4. The van der Waals surface area contributed by atoms with Crippen LogP contribution in [0.2, 0.25) is 0 Å². The molecule has 1 aliphatic carbocycles. The number of ketones is 1. The van der Waals surface area contributed by atoms with Gasteiger partial charge in [0.25, 0.3) is 0 Å². The normalized spacial score (nSPS) is 17.7. The molecule has 1 aliphatic heterocycles. The van der Waals surface area contributed by atoms with E-state index >= 15 is 4.39 Å². The maximum absolute atomic E-state index is 16.0. The summed E-state index contributed by atoms with van der Waals surface area (Å²) < 4.78 is 91.9. The number of halogens is 2. The molecule has 0 radical (unpaired) electrons. The lowest BCUT2D eigenvalue weighted by molar-refractivity contribution is 0.102. The number of Topliss-reactive ketones (excluding diaryl/α,β-unsaturated/α-hetero) is 1. The van der Waals surface area contributed by atoms with E-state index in [4.69, 9.17) is 8.92 Å². The van der Waals surface area contributed by atoms with Crippen molar-refractivity contribution in [2.45, 2.75) is 44.0 Å². The number of carbonyl (C=O) groups excluding carboxylic acids is 1. The van der Waals surface area contributed by atoms with Crippen molar-refractivity contribution in [2.75, 3.05) is 31.6 Å². The zero-order valence-corrected chi connectivity index (χ0v) is 26.8. The molecule has 0 amide bonds. The molecule has 1 unspecified atom stereocenters. The number of methoxy groups -OCH3 is 1. The van der Waals surface area contributed by atoms with Gasteiger partial charge in [0.1, 0.15) is 26.6 Å². The number of hydrogen-bond donors (Lipinski definition) is 2. The standard InChI is InChI=1S/C29H29F2N3O8S3/c1-14-4-5-17(30)10-21(14)45(39,40)32-12-16-8-9-33(13-16)24-20(31)11-19-23(27(24)41-3)34(18-6-7-18)29-22(25(19)36)26(42-44(37)38)28(43-29)15(2)35/h4-5,10-11,16,18,32H,6-9,12-13H2,1-3H3,(H,37,38)/t16-/m0/s1. The van der Waals surface area contributed by atoms with E-state index in [1.807, 2.05) is 4.57 Å². The molecule has 6 rings (SSSR count). The number of fused-ring (bicyclic) bond motifs is 2. The Morgan fingerprint density at radius 1 is 1.20 bits per heavy atom. The van der Waals surface area contributed by atoms with Gasteiger partial charge in [-0.25, -0.2) is 21.9 Å². The molecule has 2 atom stereocenters. The molecule has 2 aliphatic rings. The fourth-order valence-electron chi connectivity index (χ4n) is 5.95. The van der Waals surface area contributed by atoms with E-state index in [9.17, 15) is 31.2 Å². The average Bonchev–Trinajstić information content (AvgIpc) is 3.58. The van der Waals surface area contributed by atoms with E-state index in [-0.39, 0.29) is 62.8 Å². The van der Waals surface area contributed by atoms with Crippen LogP contribution in [0, 0.1) is 24.5 Å². The minimum absolute atomic E-state index is 0.00728. The molecule has 2 N–H and O–H groups in total. The van der Waals surface area contributed by atoms with Crippen LogP contribution in [-0.2, 0) is 21.4 Å². The van der Waals surface area contributed by atoms with Crippen LogP contribution in [0.1, 0.15) is 47.5 Å². The third-order valence-corrected chi connectivity index (χ3v) is 11.3. The van der Waals surface area contributed by atoms with Gasteiger partial charge in [0.2, 0.25) is 15.5 Å². The van der Waals surface area contributed by atoms with Crippen molar-refractivity contribution in [2.24, 2.45) is 5.92 Å². The van der Waals surface area contributed by atoms with Crippen molar-refractivity contribution >= 4 is 65.3 Å². The Hall–Kier alpha value is -3.44. The highest BCUT2D eigenvalue weighted by atomic mass is 32.2. The number of aromatic nitrogens is 1. The fraction of sp³-hybridized carbons (Fsp3) is 0.379. The number of thiophene rings is 1. The summed E-state index contributed by atoms with van der Waals surface area (Å²) in [7, 11) is -2.63. The van der Waals surface area contributed by atoms with Gasteiger partial charge in [0.05, 0.1) is 22.9 Å². The molecule has 4 aromatic rings. The van der Waals surface area contributed by atoms with Gasteiger partial charge in [-0.1, -0.05) is 6.07 Å². The van der Waals surface area contributed by atoms with Gasteiger partial charge >= 0.3 is 11.4 Å². The summed E-state index contributed by atoms with van der Waals surface area (Å²) in [5.41, 5.74) is 0.167. The summed E-state index contributed by atoms with van der Waals surface area (Å²) in [5.74, 6) is -2.29. The molecule has 2 aromatic heterocycles. The SMILES string of the molecule is COc1c(N2CC[C@@H](CNS(=O)(=O)c3cc(F)ccc3C)C2)c(F)cc2c(=O)c3c(OS(=O)O)c(C(C)=O)sc3n(C3CC3)c12. The molecular formula is C29H29F2N3O8S3. The third kappa shape index (κ3) is 5.62. The number of nitrogens with zero attached hydrogens (tertiary/aromatic N) is 2. The van der Waals surface area contributed by atoms with Crippen LogP contribution in [0.4, 0.5) is 14.5 Å². The van der Waals surface area contributed by atoms with E-state index in [0.29, 0.717) is 28.9 Å². The van der Waals surface area contributed by atoms with Crippen LogP contribution in [0.15, 0.2) is 34.0 Å². The quantitative estimate of drug-likeness (QED) is 0.180. The van der Waals surface area contributed by atoms with Crippen LogP contribution < -0.4 is 24.0 Å². The van der Waals surface area contributed by atoms with Crippen molar-refractivity contribution in [3.8, 4) is 11.5 Å². The fourth-order valence-corrected chi connectivity index (χ4v) is 8.88. The van der Waals surface area contributed by atoms with E-state index in [2.05, 4.69) is 4.72 Å². The van der Waals surface area contributed by atoms with E-state index in [1.165, 1.54) is 26.2 Å². The summed E-state index contributed by atoms with van der Waals surface area (Å²) in [6, 6.07) is 4.55. The summed E-state index contributed by atoms with van der Waals surface area (Å²) in [6.07, 6.45) is 2.01. The second kappa shape index (κ2) is 11.7. The number of rotatable bonds is 10. The molecule has 1 saturated carbocycles. The molecule has 45 heavy (non-hydrogen) atoms. The van der Waals surface area contributed by atoms with Gasteiger partial charge in [0, 0.05) is 32.6 Å². The monoisotopic (exact) mass is 681 g/mol. The minimum atomic E-state index is -4.00. The first-order valence-electron chi connectivity index (χ1n) is 14.0. The molecule has 3 heterocycles. The first kappa shape index (κ1) is 31.5. The number of nitrogens with one attached hydrogen (secondary N) is 1. The maximum atomic E-state index is 16.0. The molecular weight excluding hydrogens is 653 g/mol. The number of benzene rings is 2. The Balaban J connectivity index is 1.41. The summed E-state index contributed by atoms with van der Waals surface area (Å²) in [4.78, 5) is 28.3. The number of anilines is 1. The lowest BCUT2D eigenvalue weighted by Crippen LogP contribution is -2.31. The molecule has 0 bridgehead atoms. The molecule has 2 fully saturated rings. The summed E-state index contributed by atoms with van der Waals surface area (Å²) in [5, 5.41) is -0.119. The molecule has 0 spiro atoms. The van der Waals surface area contributed by atoms with Crippen molar-refractivity contribution in [3.63, 3.8) is 0 Å². The Morgan fingerprint density at radius 2 is 1.93 bits per heavy atom. The summed E-state index contributed by atoms with van der Waals surface area (Å²) >= 11 is -1.86. The van der Waals surface area contributed by atoms with Gasteiger partial charge in [-0.2, -0.15) is 4.21 Å². The highest BCUT2D eigenvalue weighted by Gasteiger charge is 2.36. The van der Waals surface area contributed by atoms with Crippen LogP contribution in [0.25, 0.3) is 21.1 Å². The number of carbonyl (C=O) groups is 1.